The number of benzene rings is 1. The molecule has 0 saturated carbocycles. The van der Waals surface area contributed by atoms with Gasteiger partial charge in [0.05, 0.1) is 18.5 Å². The van der Waals surface area contributed by atoms with Crippen LogP contribution in [0.4, 0.5) is 0 Å². The Morgan fingerprint density at radius 1 is 1.22 bits per heavy atom. The Hall–Kier alpha value is -1.90. The van der Waals surface area contributed by atoms with E-state index in [1.54, 1.807) is 6.20 Å². The fourth-order valence-electron chi connectivity index (χ4n) is 2.27. The predicted octanol–water partition coefficient (Wildman–Crippen LogP) is 3.15. The zero-order valence-electron chi connectivity index (χ0n) is 10.9. The molecule has 94 valence electrons. The smallest absolute Gasteiger partial charge is 0.313 e. The van der Waals surface area contributed by atoms with Gasteiger partial charge in [0, 0.05) is 11.6 Å². The van der Waals surface area contributed by atoms with Crippen LogP contribution in [-0.2, 0) is 9.53 Å². The van der Waals surface area contributed by atoms with Crippen molar-refractivity contribution in [2.75, 3.05) is 7.11 Å². The zero-order chi connectivity index (χ0) is 13.1. The highest BCUT2D eigenvalue weighted by Crippen LogP contribution is 2.30. The van der Waals surface area contributed by atoms with Crippen LogP contribution < -0.4 is 0 Å². The van der Waals surface area contributed by atoms with Gasteiger partial charge in [-0.05, 0) is 23.6 Å². The van der Waals surface area contributed by atoms with Crippen LogP contribution >= 0.6 is 0 Å². The zero-order valence-corrected chi connectivity index (χ0v) is 10.9. The highest BCUT2D eigenvalue weighted by Gasteiger charge is 2.26. The maximum atomic E-state index is 12.0. The number of hydrogen-bond acceptors (Lipinski definition) is 3. The molecule has 0 aliphatic heterocycles. The minimum atomic E-state index is -0.247. The lowest BCUT2D eigenvalue weighted by Gasteiger charge is -2.20. The molecule has 0 bridgehead atoms. The van der Waals surface area contributed by atoms with Crippen molar-refractivity contribution in [1.29, 1.82) is 0 Å². The molecule has 0 radical (unpaired) electrons. The first-order valence-electron chi connectivity index (χ1n) is 6.06. The fraction of sp³-hybridized carbons (Fsp3) is 0.333. The van der Waals surface area contributed by atoms with Gasteiger partial charge in [-0.2, -0.15) is 0 Å². The van der Waals surface area contributed by atoms with Gasteiger partial charge < -0.3 is 4.74 Å². The summed E-state index contributed by atoms with van der Waals surface area (Å²) >= 11 is 0. The number of methoxy groups -OCH3 is 1. The SMILES string of the molecule is COC(=O)C(c1ccnc2ccccc12)C(C)C. The van der Waals surface area contributed by atoms with E-state index >= 15 is 0 Å². The molecule has 1 heterocycles. The van der Waals surface area contributed by atoms with E-state index < -0.39 is 0 Å². The number of carbonyl (C=O) groups excluding carboxylic acids is 1. The average Bonchev–Trinajstić information content (AvgIpc) is 2.38. The number of aromatic nitrogens is 1. The van der Waals surface area contributed by atoms with Crippen LogP contribution in [0.1, 0.15) is 25.3 Å². The van der Waals surface area contributed by atoms with Crippen molar-refractivity contribution in [2.24, 2.45) is 5.92 Å². The number of ether oxygens (including phenoxy) is 1. The molecule has 3 nitrogen and oxygen atoms in total. The van der Waals surface area contributed by atoms with E-state index in [2.05, 4.69) is 4.98 Å². The maximum absolute atomic E-state index is 12.0. The van der Waals surface area contributed by atoms with Crippen molar-refractivity contribution in [1.82, 2.24) is 4.98 Å². The average molecular weight is 243 g/mol. The standard InChI is InChI=1S/C15H17NO2/c1-10(2)14(15(17)18-3)12-8-9-16-13-7-5-4-6-11(12)13/h4-10,14H,1-3H3. The number of pyridine rings is 1. The van der Waals surface area contributed by atoms with Crippen LogP contribution in [0.15, 0.2) is 36.5 Å². The molecule has 1 atom stereocenters. The number of esters is 1. The van der Waals surface area contributed by atoms with Crippen LogP contribution in [0.3, 0.4) is 0 Å². The molecule has 1 aromatic carbocycles. The van der Waals surface area contributed by atoms with E-state index in [0.717, 1.165) is 16.5 Å². The lowest BCUT2D eigenvalue weighted by atomic mass is 9.86. The summed E-state index contributed by atoms with van der Waals surface area (Å²) in [6.45, 7) is 4.05. The van der Waals surface area contributed by atoms with Crippen LogP contribution in [0.25, 0.3) is 10.9 Å². The number of para-hydroxylation sites is 1. The second-order valence-electron chi connectivity index (χ2n) is 4.66. The third-order valence-corrected chi connectivity index (χ3v) is 3.14. The largest absolute Gasteiger partial charge is 0.469 e. The van der Waals surface area contributed by atoms with Crippen molar-refractivity contribution in [3.8, 4) is 0 Å². The van der Waals surface area contributed by atoms with E-state index in [0.29, 0.717) is 0 Å². The first-order valence-corrected chi connectivity index (χ1v) is 6.06. The first-order chi connectivity index (χ1) is 8.65. The van der Waals surface area contributed by atoms with E-state index in [1.165, 1.54) is 7.11 Å². The maximum Gasteiger partial charge on any atom is 0.313 e. The Balaban J connectivity index is 2.61. The number of hydrogen-bond donors (Lipinski definition) is 0. The number of carbonyl (C=O) groups is 1. The minimum Gasteiger partial charge on any atom is -0.469 e. The molecule has 18 heavy (non-hydrogen) atoms. The lowest BCUT2D eigenvalue weighted by molar-refractivity contribution is -0.143. The lowest BCUT2D eigenvalue weighted by Crippen LogP contribution is -2.20. The quantitative estimate of drug-likeness (QED) is 0.777. The third-order valence-electron chi connectivity index (χ3n) is 3.14. The van der Waals surface area contributed by atoms with Gasteiger partial charge in [0.1, 0.15) is 0 Å². The highest BCUT2D eigenvalue weighted by molar-refractivity contribution is 5.89. The molecule has 1 unspecified atom stereocenters. The molecule has 0 aliphatic carbocycles. The molecule has 3 heteroatoms. The Kier molecular flexibility index (Phi) is 3.60. The molecule has 0 N–H and O–H groups in total. The summed E-state index contributed by atoms with van der Waals surface area (Å²) in [7, 11) is 1.43. The summed E-state index contributed by atoms with van der Waals surface area (Å²) in [5, 5.41) is 1.02. The van der Waals surface area contributed by atoms with Crippen molar-refractivity contribution in [3.05, 3.63) is 42.1 Å². The third kappa shape index (κ3) is 2.21. The Morgan fingerprint density at radius 3 is 2.61 bits per heavy atom. The Morgan fingerprint density at radius 2 is 1.94 bits per heavy atom. The van der Waals surface area contributed by atoms with E-state index in [4.69, 9.17) is 4.74 Å². The van der Waals surface area contributed by atoms with Crippen molar-refractivity contribution >= 4 is 16.9 Å². The summed E-state index contributed by atoms with van der Waals surface area (Å²) in [6.07, 6.45) is 1.75. The van der Waals surface area contributed by atoms with Crippen LogP contribution in [-0.4, -0.2) is 18.1 Å². The van der Waals surface area contributed by atoms with E-state index in [1.807, 2.05) is 44.2 Å². The summed E-state index contributed by atoms with van der Waals surface area (Å²) in [5.41, 5.74) is 1.90. The van der Waals surface area contributed by atoms with E-state index in [-0.39, 0.29) is 17.8 Å². The fourth-order valence-corrected chi connectivity index (χ4v) is 2.27. The van der Waals surface area contributed by atoms with Crippen LogP contribution in [0.5, 0.6) is 0 Å². The van der Waals surface area contributed by atoms with Gasteiger partial charge in [0.25, 0.3) is 0 Å². The second kappa shape index (κ2) is 5.17. The number of nitrogens with zero attached hydrogens (tertiary/aromatic N) is 1. The molecule has 0 amide bonds. The van der Waals surface area contributed by atoms with E-state index in [9.17, 15) is 4.79 Å². The molecule has 0 spiro atoms. The molecular formula is C15H17NO2. The highest BCUT2D eigenvalue weighted by atomic mass is 16.5. The van der Waals surface area contributed by atoms with Gasteiger partial charge in [-0.15, -0.1) is 0 Å². The molecule has 0 saturated heterocycles. The van der Waals surface area contributed by atoms with Gasteiger partial charge in [-0.3, -0.25) is 9.78 Å². The second-order valence-corrected chi connectivity index (χ2v) is 4.66. The normalized spacial score (nSPS) is 12.7. The summed E-state index contributed by atoms with van der Waals surface area (Å²) in [5.74, 6) is -0.257. The summed E-state index contributed by atoms with van der Waals surface area (Å²) < 4.78 is 4.92. The molecule has 2 aromatic rings. The van der Waals surface area contributed by atoms with Crippen molar-refractivity contribution in [2.45, 2.75) is 19.8 Å². The predicted molar refractivity (Wildman–Crippen MR) is 71.3 cm³/mol. The number of fused-ring (bicyclic) bond motifs is 1. The van der Waals surface area contributed by atoms with Gasteiger partial charge in [-0.1, -0.05) is 32.0 Å². The Bertz CT molecular complexity index is 558. The van der Waals surface area contributed by atoms with Gasteiger partial charge >= 0.3 is 5.97 Å². The molecule has 0 aliphatic rings. The number of rotatable bonds is 3. The van der Waals surface area contributed by atoms with Crippen molar-refractivity contribution < 1.29 is 9.53 Å². The topological polar surface area (TPSA) is 39.2 Å². The van der Waals surface area contributed by atoms with Crippen LogP contribution in [0.2, 0.25) is 0 Å². The molecule has 2 rings (SSSR count). The van der Waals surface area contributed by atoms with Crippen molar-refractivity contribution in [3.63, 3.8) is 0 Å². The Labute approximate surface area is 107 Å². The van der Waals surface area contributed by atoms with Gasteiger partial charge in [0.15, 0.2) is 0 Å². The minimum absolute atomic E-state index is 0.184. The molecule has 1 aromatic heterocycles. The summed E-state index contributed by atoms with van der Waals surface area (Å²) in [4.78, 5) is 16.3. The first kappa shape index (κ1) is 12.6. The van der Waals surface area contributed by atoms with Gasteiger partial charge in [-0.25, -0.2) is 0 Å². The molecular weight excluding hydrogens is 226 g/mol. The van der Waals surface area contributed by atoms with Crippen LogP contribution in [0, 0.1) is 5.92 Å². The molecule has 0 fully saturated rings. The monoisotopic (exact) mass is 243 g/mol. The summed E-state index contributed by atoms with van der Waals surface area (Å²) in [6, 6.07) is 9.76. The van der Waals surface area contributed by atoms with Gasteiger partial charge in [0.2, 0.25) is 0 Å².